The van der Waals surface area contributed by atoms with Crippen LogP contribution in [-0.4, -0.2) is 0 Å². The largest absolute Gasteiger partial charge is 0.378 e. The van der Waals surface area contributed by atoms with Gasteiger partial charge in [0.25, 0.3) is 0 Å². The van der Waals surface area contributed by atoms with Gasteiger partial charge in [0.15, 0.2) is 0 Å². The van der Waals surface area contributed by atoms with E-state index in [-0.39, 0.29) is 11.9 Å². The number of hydrogen-bond acceptors (Lipinski definition) is 1. The maximum atomic E-state index is 13.3. The molecule has 100 valence electrons. The number of hydrogen-bond donors (Lipinski definition) is 1. The molecule has 0 aliphatic carbocycles. The first-order valence-electron chi connectivity index (χ1n) is 6.57. The average molecular weight is 257 g/mol. The molecule has 0 bridgehead atoms. The van der Waals surface area contributed by atoms with Gasteiger partial charge in [-0.05, 0) is 56.5 Å². The van der Waals surface area contributed by atoms with Gasteiger partial charge in [0.05, 0.1) is 0 Å². The molecule has 2 rings (SSSR count). The van der Waals surface area contributed by atoms with Crippen LogP contribution in [0, 0.1) is 26.6 Å². The van der Waals surface area contributed by atoms with Crippen molar-refractivity contribution in [2.24, 2.45) is 0 Å². The molecule has 0 saturated heterocycles. The first-order chi connectivity index (χ1) is 8.97. The molecule has 0 aliphatic heterocycles. The normalized spacial score (nSPS) is 12.3. The maximum Gasteiger partial charge on any atom is 0.125 e. The summed E-state index contributed by atoms with van der Waals surface area (Å²) >= 11 is 0. The quantitative estimate of drug-likeness (QED) is 0.822. The smallest absolute Gasteiger partial charge is 0.125 e. The van der Waals surface area contributed by atoms with E-state index in [1.165, 1.54) is 22.8 Å². The maximum absolute atomic E-state index is 13.3. The fraction of sp³-hybridized carbons (Fsp3) is 0.294. The van der Waals surface area contributed by atoms with Crippen molar-refractivity contribution in [3.05, 3.63) is 64.5 Å². The van der Waals surface area contributed by atoms with Crippen molar-refractivity contribution in [1.82, 2.24) is 0 Å². The summed E-state index contributed by atoms with van der Waals surface area (Å²) in [5.74, 6) is -0.207. The molecule has 1 atom stereocenters. The van der Waals surface area contributed by atoms with Gasteiger partial charge in [-0.15, -0.1) is 0 Å². The van der Waals surface area contributed by atoms with Crippen LogP contribution < -0.4 is 5.32 Å². The number of nitrogens with one attached hydrogen (secondary N) is 1. The molecule has 0 radical (unpaired) electrons. The van der Waals surface area contributed by atoms with E-state index in [2.05, 4.69) is 44.3 Å². The molecule has 0 heterocycles. The van der Waals surface area contributed by atoms with Gasteiger partial charge in [0.1, 0.15) is 5.82 Å². The lowest BCUT2D eigenvalue weighted by Crippen LogP contribution is -2.09. The van der Waals surface area contributed by atoms with Crippen molar-refractivity contribution in [3.63, 3.8) is 0 Å². The highest BCUT2D eigenvalue weighted by Gasteiger charge is 2.10. The van der Waals surface area contributed by atoms with Crippen LogP contribution in [-0.2, 0) is 0 Å². The Kier molecular flexibility index (Phi) is 3.89. The van der Waals surface area contributed by atoms with E-state index in [9.17, 15) is 4.39 Å². The van der Waals surface area contributed by atoms with Crippen molar-refractivity contribution in [2.75, 3.05) is 5.32 Å². The molecule has 1 unspecified atom stereocenters. The second-order valence-electron chi connectivity index (χ2n) is 5.19. The van der Waals surface area contributed by atoms with Gasteiger partial charge in [-0.25, -0.2) is 4.39 Å². The standard InChI is InChI=1S/C17H20FN/c1-11-5-8-16(13(3)9-11)14(4)19-17-10-15(18)7-6-12(17)2/h5-10,14,19H,1-4H3. The van der Waals surface area contributed by atoms with E-state index < -0.39 is 0 Å². The van der Waals surface area contributed by atoms with Gasteiger partial charge in [-0.1, -0.05) is 29.8 Å². The Labute approximate surface area is 114 Å². The number of rotatable bonds is 3. The fourth-order valence-corrected chi connectivity index (χ4v) is 2.37. The molecule has 2 aromatic rings. The number of benzene rings is 2. The van der Waals surface area contributed by atoms with Gasteiger partial charge in [-0.3, -0.25) is 0 Å². The molecule has 0 aliphatic rings. The van der Waals surface area contributed by atoms with Crippen molar-refractivity contribution >= 4 is 5.69 Å². The van der Waals surface area contributed by atoms with Gasteiger partial charge in [0, 0.05) is 11.7 Å². The molecule has 2 heteroatoms. The molecular weight excluding hydrogens is 237 g/mol. The highest BCUT2D eigenvalue weighted by Crippen LogP contribution is 2.25. The Morgan fingerprint density at radius 3 is 2.37 bits per heavy atom. The zero-order chi connectivity index (χ0) is 14.0. The zero-order valence-corrected chi connectivity index (χ0v) is 11.9. The molecule has 0 aromatic heterocycles. The van der Waals surface area contributed by atoms with Crippen LogP contribution >= 0.6 is 0 Å². The predicted octanol–water partition coefficient (Wildman–Crippen LogP) is 4.92. The monoisotopic (exact) mass is 257 g/mol. The summed E-state index contributed by atoms with van der Waals surface area (Å²) in [5, 5.41) is 3.39. The summed E-state index contributed by atoms with van der Waals surface area (Å²) in [6.45, 7) is 8.28. The van der Waals surface area contributed by atoms with Crippen LogP contribution in [0.4, 0.5) is 10.1 Å². The third-order valence-corrected chi connectivity index (χ3v) is 3.46. The number of anilines is 1. The van der Waals surface area contributed by atoms with E-state index in [0.29, 0.717) is 0 Å². The van der Waals surface area contributed by atoms with Crippen molar-refractivity contribution in [3.8, 4) is 0 Å². The Hall–Kier alpha value is -1.83. The van der Waals surface area contributed by atoms with E-state index in [1.807, 2.05) is 6.92 Å². The van der Waals surface area contributed by atoms with Crippen LogP contribution in [0.5, 0.6) is 0 Å². The zero-order valence-electron chi connectivity index (χ0n) is 11.9. The minimum Gasteiger partial charge on any atom is -0.378 e. The lowest BCUT2D eigenvalue weighted by Gasteiger charge is -2.19. The summed E-state index contributed by atoms with van der Waals surface area (Å²) in [6.07, 6.45) is 0. The SMILES string of the molecule is Cc1ccc(C(C)Nc2cc(F)ccc2C)c(C)c1. The molecule has 0 fully saturated rings. The highest BCUT2D eigenvalue weighted by atomic mass is 19.1. The minimum absolute atomic E-state index is 0.154. The second kappa shape index (κ2) is 5.43. The van der Waals surface area contributed by atoms with Crippen LogP contribution in [0.3, 0.4) is 0 Å². The van der Waals surface area contributed by atoms with Crippen LogP contribution in [0.15, 0.2) is 36.4 Å². The van der Waals surface area contributed by atoms with Gasteiger partial charge in [0.2, 0.25) is 0 Å². The Morgan fingerprint density at radius 1 is 0.947 bits per heavy atom. The van der Waals surface area contributed by atoms with Gasteiger partial charge < -0.3 is 5.32 Å². The average Bonchev–Trinajstić information content (AvgIpc) is 2.33. The number of aryl methyl sites for hydroxylation is 3. The van der Waals surface area contributed by atoms with E-state index in [1.54, 1.807) is 12.1 Å². The summed E-state index contributed by atoms with van der Waals surface area (Å²) < 4.78 is 13.3. The molecule has 2 aromatic carbocycles. The van der Waals surface area contributed by atoms with Crippen molar-refractivity contribution in [2.45, 2.75) is 33.7 Å². The van der Waals surface area contributed by atoms with Crippen LogP contribution in [0.2, 0.25) is 0 Å². The van der Waals surface area contributed by atoms with Crippen LogP contribution in [0.25, 0.3) is 0 Å². The topological polar surface area (TPSA) is 12.0 Å². The minimum atomic E-state index is -0.207. The molecule has 1 nitrogen and oxygen atoms in total. The second-order valence-corrected chi connectivity index (χ2v) is 5.19. The first-order valence-corrected chi connectivity index (χ1v) is 6.57. The van der Waals surface area contributed by atoms with Crippen LogP contribution in [0.1, 0.15) is 35.2 Å². The Balaban J connectivity index is 2.25. The first kappa shape index (κ1) is 13.6. The summed E-state index contributed by atoms with van der Waals surface area (Å²) in [4.78, 5) is 0. The molecule has 19 heavy (non-hydrogen) atoms. The van der Waals surface area contributed by atoms with Gasteiger partial charge in [-0.2, -0.15) is 0 Å². The molecule has 0 saturated carbocycles. The number of halogens is 1. The Bertz CT molecular complexity index is 590. The summed E-state index contributed by atoms with van der Waals surface area (Å²) in [6, 6.07) is 11.4. The fourth-order valence-electron chi connectivity index (χ4n) is 2.37. The summed E-state index contributed by atoms with van der Waals surface area (Å²) in [7, 11) is 0. The van der Waals surface area contributed by atoms with Crippen molar-refractivity contribution in [1.29, 1.82) is 0 Å². The van der Waals surface area contributed by atoms with E-state index >= 15 is 0 Å². The van der Waals surface area contributed by atoms with Crippen molar-refractivity contribution < 1.29 is 4.39 Å². The highest BCUT2D eigenvalue weighted by molar-refractivity contribution is 5.52. The molecule has 0 spiro atoms. The molecule has 1 N–H and O–H groups in total. The molecule has 0 amide bonds. The third-order valence-electron chi connectivity index (χ3n) is 3.46. The lowest BCUT2D eigenvalue weighted by molar-refractivity contribution is 0.627. The third kappa shape index (κ3) is 3.14. The van der Waals surface area contributed by atoms with E-state index in [4.69, 9.17) is 0 Å². The van der Waals surface area contributed by atoms with E-state index in [0.717, 1.165) is 11.3 Å². The summed E-state index contributed by atoms with van der Waals surface area (Å²) in [5.41, 5.74) is 5.67. The predicted molar refractivity (Wildman–Crippen MR) is 79.1 cm³/mol. The molecular formula is C17H20FN. The van der Waals surface area contributed by atoms with Gasteiger partial charge >= 0.3 is 0 Å². The Morgan fingerprint density at radius 2 is 1.68 bits per heavy atom. The lowest BCUT2D eigenvalue weighted by atomic mass is 10.00.